The predicted molar refractivity (Wildman–Crippen MR) is 63.1 cm³/mol. The summed E-state index contributed by atoms with van der Waals surface area (Å²) in [7, 11) is 0. The van der Waals surface area contributed by atoms with E-state index >= 15 is 0 Å². The van der Waals surface area contributed by atoms with Crippen molar-refractivity contribution in [1.82, 2.24) is 0 Å². The molecule has 0 fully saturated rings. The van der Waals surface area contributed by atoms with E-state index in [1.54, 1.807) is 0 Å². The molecule has 1 atom stereocenters. The Morgan fingerprint density at radius 3 is 1.71 bits per heavy atom. The molecule has 82 valence electrons. The third-order valence-corrected chi connectivity index (χ3v) is 4.44. The highest BCUT2D eigenvalue weighted by Crippen LogP contribution is 2.50. The molecule has 0 heterocycles. The average Bonchev–Trinajstić information content (AvgIpc) is 2.30. The third-order valence-electron chi connectivity index (χ3n) is 4.44. The Kier molecular flexibility index (Phi) is 3.10. The van der Waals surface area contributed by atoms with E-state index in [2.05, 4.69) is 41.5 Å². The van der Waals surface area contributed by atoms with Crippen LogP contribution >= 0.6 is 0 Å². The van der Waals surface area contributed by atoms with E-state index in [1.807, 2.05) is 0 Å². The number of hydrogen-bond donors (Lipinski definition) is 1. The minimum Gasteiger partial charge on any atom is -0.324 e. The molecule has 0 radical (unpaired) electrons. The van der Waals surface area contributed by atoms with Gasteiger partial charge in [-0.2, -0.15) is 0 Å². The Morgan fingerprint density at radius 1 is 1.14 bits per heavy atom. The summed E-state index contributed by atoms with van der Waals surface area (Å²) in [6.07, 6.45) is 1.19. The van der Waals surface area contributed by atoms with Crippen LogP contribution in [-0.4, -0.2) is 6.04 Å². The monoisotopic (exact) mass is 195 g/mol. The van der Waals surface area contributed by atoms with Crippen molar-refractivity contribution < 1.29 is 0 Å². The molecular weight excluding hydrogens is 170 g/mol. The predicted octanol–water partition coefficient (Wildman–Crippen LogP) is 3.35. The lowest BCUT2D eigenvalue weighted by Gasteiger charge is -2.42. The van der Waals surface area contributed by atoms with E-state index in [9.17, 15) is 0 Å². The van der Waals surface area contributed by atoms with E-state index < -0.39 is 0 Å². The van der Waals surface area contributed by atoms with Gasteiger partial charge in [-0.3, -0.25) is 0 Å². The van der Waals surface area contributed by atoms with E-state index in [4.69, 9.17) is 5.73 Å². The molecule has 14 heavy (non-hydrogen) atoms. The smallest absolute Gasteiger partial charge is 0.0318 e. The van der Waals surface area contributed by atoms with Gasteiger partial charge in [0.2, 0.25) is 0 Å². The first-order valence-corrected chi connectivity index (χ1v) is 5.75. The highest BCUT2D eigenvalue weighted by atomic mass is 14.7. The lowest BCUT2D eigenvalue weighted by molar-refractivity contribution is 0.103. The Labute approximate surface area is 88.8 Å². The number of allylic oxidation sites excluding steroid dienone is 1. The number of rotatable bonds is 2. The second-order valence-corrected chi connectivity index (χ2v) is 5.54. The largest absolute Gasteiger partial charge is 0.324 e. The van der Waals surface area contributed by atoms with Crippen LogP contribution in [0.5, 0.6) is 0 Å². The van der Waals surface area contributed by atoms with Gasteiger partial charge < -0.3 is 5.73 Å². The molecule has 1 rings (SSSR count). The first kappa shape index (κ1) is 11.8. The molecule has 0 aromatic rings. The normalized spacial score (nSPS) is 26.8. The lowest BCUT2D eigenvalue weighted by atomic mass is 9.64. The molecule has 0 saturated carbocycles. The second kappa shape index (κ2) is 3.69. The zero-order valence-corrected chi connectivity index (χ0v) is 10.5. The van der Waals surface area contributed by atoms with Crippen molar-refractivity contribution in [3.63, 3.8) is 0 Å². The van der Waals surface area contributed by atoms with Crippen molar-refractivity contribution in [3.05, 3.63) is 11.1 Å². The molecule has 1 aliphatic carbocycles. The first-order chi connectivity index (χ1) is 6.34. The summed E-state index contributed by atoms with van der Waals surface area (Å²) in [5.74, 6) is 1.31. The van der Waals surface area contributed by atoms with E-state index in [0.29, 0.717) is 17.3 Å². The Morgan fingerprint density at radius 2 is 1.57 bits per heavy atom. The van der Waals surface area contributed by atoms with Crippen LogP contribution in [0.25, 0.3) is 0 Å². The zero-order valence-electron chi connectivity index (χ0n) is 10.5. The molecule has 0 unspecified atom stereocenters. The van der Waals surface area contributed by atoms with Crippen molar-refractivity contribution in [3.8, 4) is 0 Å². The molecule has 0 saturated heterocycles. The molecule has 0 bridgehead atoms. The summed E-state index contributed by atoms with van der Waals surface area (Å²) in [5.41, 5.74) is 9.63. The molecule has 0 amide bonds. The summed E-state index contributed by atoms with van der Waals surface area (Å²) in [6.45, 7) is 13.7. The molecule has 1 nitrogen and oxygen atoms in total. The molecule has 0 aromatic carbocycles. The van der Waals surface area contributed by atoms with Crippen molar-refractivity contribution in [2.45, 2.75) is 54.0 Å². The lowest BCUT2D eigenvalue weighted by Crippen LogP contribution is -2.46. The standard InChI is InChI=1S/C13H25N/c1-8(2)13(9(3)4)7-10(5)11(6)12(13)14/h8-9,12H,7,14H2,1-6H3/t12-/m1/s1. The van der Waals surface area contributed by atoms with E-state index in [-0.39, 0.29) is 6.04 Å². The van der Waals surface area contributed by atoms with Crippen LogP contribution in [0, 0.1) is 17.3 Å². The molecule has 2 N–H and O–H groups in total. The summed E-state index contributed by atoms with van der Waals surface area (Å²) >= 11 is 0. The van der Waals surface area contributed by atoms with Crippen LogP contribution in [0.4, 0.5) is 0 Å². The average molecular weight is 195 g/mol. The fraction of sp³-hybridized carbons (Fsp3) is 0.846. The van der Waals surface area contributed by atoms with Crippen molar-refractivity contribution in [2.75, 3.05) is 0 Å². The molecule has 1 heteroatoms. The van der Waals surface area contributed by atoms with E-state index in [0.717, 1.165) is 0 Å². The minimum absolute atomic E-state index is 0.266. The van der Waals surface area contributed by atoms with Crippen LogP contribution in [0.1, 0.15) is 48.0 Å². The van der Waals surface area contributed by atoms with Gasteiger partial charge in [0.05, 0.1) is 0 Å². The number of hydrogen-bond acceptors (Lipinski definition) is 1. The van der Waals surface area contributed by atoms with E-state index in [1.165, 1.54) is 17.6 Å². The van der Waals surface area contributed by atoms with Gasteiger partial charge in [-0.15, -0.1) is 0 Å². The quantitative estimate of drug-likeness (QED) is 0.672. The third kappa shape index (κ3) is 1.42. The minimum atomic E-state index is 0.266. The Bertz CT molecular complexity index is 240. The SMILES string of the molecule is CC1=C(C)[C@@H](N)C(C(C)C)(C(C)C)C1. The van der Waals surface area contributed by atoms with Gasteiger partial charge in [0.1, 0.15) is 0 Å². The maximum absolute atomic E-state index is 6.39. The first-order valence-electron chi connectivity index (χ1n) is 5.75. The van der Waals surface area contributed by atoms with Gasteiger partial charge in [0.25, 0.3) is 0 Å². The maximum Gasteiger partial charge on any atom is 0.0318 e. The topological polar surface area (TPSA) is 26.0 Å². The van der Waals surface area contributed by atoms with Gasteiger partial charge >= 0.3 is 0 Å². The molecule has 0 spiro atoms. The number of nitrogens with two attached hydrogens (primary N) is 1. The van der Waals surface area contributed by atoms with Crippen molar-refractivity contribution >= 4 is 0 Å². The van der Waals surface area contributed by atoms with Crippen molar-refractivity contribution in [2.24, 2.45) is 23.0 Å². The Hall–Kier alpha value is -0.300. The maximum atomic E-state index is 6.39. The second-order valence-electron chi connectivity index (χ2n) is 5.54. The van der Waals surface area contributed by atoms with Gasteiger partial charge in [-0.05, 0) is 37.5 Å². The summed E-state index contributed by atoms with van der Waals surface area (Å²) < 4.78 is 0. The van der Waals surface area contributed by atoms with Crippen LogP contribution in [0.2, 0.25) is 0 Å². The molecule has 1 aliphatic rings. The highest BCUT2D eigenvalue weighted by Gasteiger charge is 2.47. The molecular formula is C13H25N. The van der Waals surface area contributed by atoms with Gasteiger partial charge in [-0.1, -0.05) is 38.8 Å². The summed E-state index contributed by atoms with van der Waals surface area (Å²) in [4.78, 5) is 0. The fourth-order valence-corrected chi connectivity index (χ4v) is 3.17. The molecule has 0 aliphatic heterocycles. The van der Waals surface area contributed by atoms with Crippen LogP contribution in [-0.2, 0) is 0 Å². The van der Waals surface area contributed by atoms with Crippen LogP contribution in [0.15, 0.2) is 11.1 Å². The van der Waals surface area contributed by atoms with Gasteiger partial charge in [0.15, 0.2) is 0 Å². The summed E-state index contributed by atoms with van der Waals surface area (Å²) in [6, 6.07) is 0.266. The zero-order chi connectivity index (χ0) is 11.1. The van der Waals surface area contributed by atoms with Crippen molar-refractivity contribution in [1.29, 1.82) is 0 Å². The van der Waals surface area contributed by atoms with Gasteiger partial charge in [0, 0.05) is 6.04 Å². The Balaban J connectivity index is 3.07. The summed E-state index contributed by atoms with van der Waals surface area (Å²) in [5, 5.41) is 0. The van der Waals surface area contributed by atoms with Crippen LogP contribution in [0.3, 0.4) is 0 Å². The highest BCUT2D eigenvalue weighted by molar-refractivity contribution is 5.29. The fourth-order valence-electron chi connectivity index (χ4n) is 3.17. The van der Waals surface area contributed by atoms with Crippen LogP contribution < -0.4 is 5.73 Å². The molecule has 0 aromatic heterocycles. The van der Waals surface area contributed by atoms with Gasteiger partial charge in [-0.25, -0.2) is 0 Å².